The normalized spacial score (nSPS) is 11.3. The fraction of sp³-hybridized carbons (Fsp3) is 0.0303. The van der Waals surface area contributed by atoms with Crippen LogP contribution in [0.3, 0.4) is 0 Å². The van der Waals surface area contributed by atoms with Gasteiger partial charge in [0.15, 0.2) is 0 Å². The standard InChI is InChI=1S/C33H26N3O4P/c37-32-21-16-25(22-27(32)23-34-35-33(38)26-17-19-28(20-18-26)36(39)40)24-41(29-10-4-1-5-11-29,30-12-6-2-7-13-30)31-14-8-3-9-15-31/h1-23H,24H2,(H-,34,35,37,38)/p+1. The lowest BCUT2D eigenvalue weighted by atomic mass is 10.1. The van der Waals surface area contributed by atoms with Crippen molar-refractivity contribution in [3.8, 4) is 5.75 Å². The van der Waals surface area contributed by atoms with E-state index in [2.05, 4.69) is 83.3 Å². The van der Waals surface area contributed by atoms with Crippen LogP contribution in [0.2, 0.25) is 0 Å². The largest absolute Gasteiger partial charge is 0.507 e. The average Bonchev–Trinajstić information content (AvgIpc) is 3.02. The van der Waals surface area contributed by atoms with Crippen LogP contribution in [0.1, 0.15) is 21.5 Å². The maximum absolute atomic E-state index is 12.5. The molecule has 0 saturated carbocycles. The highest BCUT2D eigenvalue weighted by Gasteiger charge is 2.45. The molecule has 202 valence electrons. The van der Waals surface area contributed by atoms with Crippen LogP contribution in [0, 0.1) is 10.1 Å². The van der Waals surface area contributed by atoms with Gasteiger partial charge in [0.25, 0.3) is 11.6 Å². The Hall–Kier alpha value is -5.13. The number of hydrogen-bond acceptors (Lipinski definition) is 5. The minimum atomic E-state index is -2.15. The number of amides is 1. The molecule has 5 rings (SSSR count). The summed E-state index contributed by atoms with van der Waals surface area (Å²) in [5.74, 6) is -0.487. The number of carbonyl (C=O) groups is 1. The van der Waals surface area contributed by atoms with E-state index in [0.717, 1.165) is 5.56 Å². The number of non-ortho nitro benzene ring substituents is 1. The van der Waals surface area contributed by atoms with E-state index in [0.29, 0.717) is 11.7 Å². The summed E-state index contributed by atoms with van der Waals surface area (Å²) >= 11 is 0. The van der Waals surface area contributed by atoms with Gasteiger partial charge in [-0.25, -0.2) is 5.43 Å². The summed E-state index contributed by atoms with van der Waals surface area (Å²) in [6, 6.07) is 42.3. The first-order chi connectivity index (χ1) is 20.0. The van der Waals surface area contributed by atoms with E-state index in [9.17, 15) is 20.0 Å². The topological polar surface area (TPSA) is 105 Å². The van der Waals surface area contributed by atoms with Crippen molar-refractivity contribution in [1.29, 1.82) is 0 Å². The number of rotatable bonds is 9. The SMILES string of the molecule is O=C(N/N=C/c1cc(C[P+](c2ccccc2)(c2ccccc2)c2ccccc2)ccc1O)c1ccc([N+](=O)[O-])cc1. The van der Waals surface area contributed by atoms with Crippen molar-refractivity contribution >= 4 is 41.0 Å². The molecule has 0 bridgehead atoms. The third-order valence-corrected chi connectivity index (χ3v) is 11.2. The van der Waals surface area contributed by atoms with Gasteiger partial charge in [-0.3, -0.25) is 14.9 Å². The van der Waals surface area contributed by atoms with Gasteiger partial charge in [0.05, 0.1) is 17.3 Å². The molecule has 0 spiro atoms. The molecule has 2 N–H and O–H groups in total. The zero-order chi connectivity index (χ0) is 28.7. The molecule has 41 heavy (non-hydrogen) atoms. The highest BCUT2D eigenvalue weighted by atomic mass is 31.2. The Kier molecular flexibility index (Phi) is 8.28. The van der Waals surface area contributed by atoms with Gasteiger partial charge in [-0.15, -0.1) is 0 Å². The molecule has 5 aromatic rings. The second-order valence-electron chi connectivity index (χ2n) is 9.37. The zero-order valence-corrected chi connectivity index (χ0v) is 22.9. The van der Waals surface area contributed by atoms with Crippen molar-refractivity contribution in [2.75, 3.05) is 0 Å². The molecule has 0 aliphatic carbocycles. The van der Waals surface area contributed by atoms with Crippen molar-refractivity contribution in [1.82, 2.24) is 5.43 Å². The number of nitro benzene ring substituents is 1. The van der Waals surface area contributed by atoms with Crippen LogP contribution in [0.4, 0.5) is 5.69 Å². The molecule has 0 radical (unpaired) electrons. The Balaban J connectivity index is 1.48. The molecular weight excluding hydrogens is 533 g/mol. The van der Waals surface area contributed by atoms with Crippen LogP contribution in [0.25, 0.3) is 0 Å². The maximum atomic E-state index is 12.5. The first-order valence-corrected chi connectivity index (χ1v) is 14.9. The smallest absolute Gasteiger partial charge is 0.271 e. The highest BCUT2D eigenvalue weighted by Crippen LogP contribution is 2.58. The molecule has 5 aromatic carbocycles. The number of phenolic OH excluding ortho intramolecular Hbond substituents is 1. The highest BCUT2D eigenvalue weighted by molar-refractivity contribution is 7.95. The van der Waals surface area contributed by atoms with Gasteiger partial charge in [0.1, 0.15) is 28.9 Å². The Bertz CT molecular complexity index is 1580. The van der Waals surface area contributed by atoms with Gasteiger partial charge < -0.3 is 5.11 Å². The lowest BCUT2D eigenvalue weighted by Gasteiger charge is -2.28. The molecule has 0 aliphatic heterocycles. The fourth-order valence-corrected chi connectivity index (χ4v) is 9.04. The number of carbonyl (C=O) groups excluding carboxylic acids is 1. The van der Waals surface area contributed by atoms with Crippen LogP contribution in [-0.4, -0.2) is 22.2 Å². The number of benzene rings is 5. The summed E-state index contributed by atoms with van der Waals surface area (Å²) in [6.07, 6.45) is 2.11. The molecule has 0 fully saturated rings. The maximum Gasteiger partial charge on any atom is 0.271 e. The summed E-state index contributed by atoms with van der Waals surface area (Å²) in [4.78, 5) is 22.8. The number of nitrogens with one attached hydrogen (secondary N) is 1. The Morgan fingerprint density at radius 2 is 1.29 bits per heavy atom. The Labute approximate surface area is 238 Å². The lowest BCUT2D eigenvalue weighted by Crippen LogP contribution is -2.32. The molecular formula is C33H27N3O4P+. The zero-order valence-electron chi connectivity index (χ0n) is 22.0. The van der Waals surface area contributed by atoms with Gasteiger partial charge in [0.2, 0.25) is 0 Å². The van der Waals surface area contributed by atoms with E-state index in [4.69, 9.17) is 0 Å². The van der Waals surface area contributed by atoms with E-state index >= 15 is 0 Å². The van der Waals surface area contributed by atoms with Gasteiger partial charge in [-0.2, -0.15) is 5.10 Å². The van der Waals surface area contributed by atoms with E-state index in [1.54, 1.807) is 6.07 Å². The summed E-state index contributed by atoms with van der Waals surface area (Å²) < 4.78 is 0. The van der Waals surface area contributed by atoms with Crippen molar-refractivity contribution in [3.63, 3.8) is 0 Å². The van der Waals surface area contributed by atoms with Gasteiger partial charge in [-0.1, -0.05) is 60.7 Å². The third-order valence-electron chi connectivity index (χ3n) is 6.81. The monoisotopic (exact) mass is 560 g/mol. The predicted molar refractivity (Wildman–Crippen MR) is 165 cm³/mol. The van der Waals surface area contributed by atoms with E-state index in [1.807, 2.05) is 30.3 Å². The quantitative estimate of drug-likeness (QED) is 0.107. The van der Waals surface area contributed by atoms with Gasteiger partial charge in [0, 0.05) is 23.3 Å². The van der Waals surface area contributed by atoms with E-state index < -0.39 is 18.1 Å². The van der Waals surface area contributed by atoms with Crippen LogP contribution in [0.15, 0.2) is 139 Å². The number of hydrazone groups is 1. The lowest BCUT2D eigenvalue weighted by molar-refractivity contribution is -0.384. The Morgan fingerprint density at radius 3 is 1.78 bits per heavy atom. The van der Waals surface area contributed by atoms with Gasteiger partial charge >= 0.3 is 0 Å². The van der Waals surface area contributed by atoms with Crippen molar-refractivity contribution < 1.29 is 14.8 Å². The van der Waals surface area contributed by atoms with Crippen LogP contribution in [0.5, 0.6) is 5.75 Å². The first kappa shape index (κ1) is 27.4. The van der Waals surface area contributed by atoms with E-state index in [-0.39, 0.29) is 17.0 Å². The predicted octanol–water partition coefficient (Wildman–Crippen LogP) is 5.56. The minimum absolute atomic E-state index is 0.0325. The second-order valence-corrected chi connectivity index (χ2v) is 12.9. The number of hydrogen-bond donors (Lipinski definition) is 2. The molecule has 0 saturated heterocycles. The minimum Gasteiger partial charge on any atom is -0.507 e. The molecule has 0 heterocycles. The number of phenols is 1. The summed E-state index contributed by atoms with van der Waals surface area (Å²) in [6.45, 7) is 0. The summed E-state index contributed by atoms with van der Waals surface area (Å²) in [7, 11) is -2.15. The van der Waals surface area contributed by atoms with Crippen LogP contribution < -0.4 is 21.3 Å². The van der Waals surface area contributed by atoms with Gasteiger partial charge in [-0.05, 0) is 66.2 Å². The summed E-state index contributed by atoms with van der Waals surface area (Å²) in [5, 5.41) is 29.2. The molecule has 1 amide bonds. The first-order valence-electron chi connectivity index (χ1n) is 12.9. The van der Waals surface area contributed by atoms with Crippen molar-refractivity contribution in [2.45, 2.75) is 6.16 Å². The molecule has 8 heteroatoms. The third kappa shape index (κ3) is 6.06. The molecule has 7 nitrogen and oxygen atoms in total. The van der Waals surface area contributed by atoms with Crippen LogP contribution >= 0.6 is 7.26 Å². The molecule has 0 aliphatic rings. The number of aromatic hydroxyl groups is 1. The molecule has 0 aromatic heterocycles. The molecule has 0 unspecified atom stereocenters. The van der Waals surface area contributed by atoms with Crippen molar-refractivity contribution in [2.24, 2.45) is 5.10 Å². The van der Waals surface area contributed by atoms with E-state index in [1.165, 1.54) is 46.4 Å². The van der Waals surface area contributed by atoms with Crippen LogP contribution in [-0.2, 0) is 6.16 Å². The fourth-order valence-electron chi connectivity index (χ4n) is 4.81. The number of nitro groups is 1. The Morgan fingerprint density at radius 1 is 0.780 bits per heavy atom. The second kappa shape index (κ2) is 12.4. The number of nitrogens with zero attached hydrogens (tertiary/aromatic N) is 2. The van der Waals surface area contributed by atoms with Crippen molar-refractivity contribution in [3.05, 3.63) is 160 Å². The summed E-state index contributed by atoms with van der Waals surface area (Å²) in [5.41, 5.74) is 4.02. The molecule has 0 atom stereocenters. The average molecular weight is 561 g/mol.